The number of rotatable bonds is 5. The summed E-state index contributed by atoms with van der Waals surface area (Å²) in [5, 5.41) is 35.5. The van der Waals surface area contributed by atoms with Gasteiger partial charge in [0.25, 0.3) is 11.6 Å². The minimum absolute atomic E-state index is 0.0213. The highest BCUT2D eigenvalue weighted by Crippen LogP contribution is 2.34. The van der Waals surface area contributed by atoms with Crippen molar-refractivity contribution >= 4 is 35.0 Å². The molecule has 0 bridgehead atoms. The van der Waals surface area contributed by atoms with Crippen LogP contribution in [0.15, 0.2) is 69.7 Å². The van der Waals surface area contributed by atoms with Crippen molar-refractivity contribution in [2.24, 2.45) is 5.10 Å². The van der Waals surface area contributed by atoms with Gasteiger partial charge in [-0.3, -0.25) is 14.9 Å². The lowest BCUT2D eigenvalue weighted by Gasteiger charge is -2.12. The molecule has 4 rings (SSSR count). The first-order valence-electron chi connectivity index (χ1n) is 9.27. The number of furan rings is 1. The molecule has 0 fully saturated rings. The number of non-ortho nitro benzene ring substituents is 1. The molecule has 1 aliphatic rings. The van der Waals surface area contributed by atoms with E-state index in [1.165, 1.54) is 48.5 Å². The van der Waals surface area contributed by atoms with Gasteiger partial charge in [0.05, 0.1) is 33.0 Å². The number of aromatic hydroxyl groups is 1. The highest BCUT2D eigenvalue weighted by Gasteiger charge is 2.29. The SMILES string of the molecule is CC1=NN(c2cccc(C(=O)O)c2)C(=O)C1=Cc1ccc(-c2cc([N+](=O)[O-])ccc2O)o1. The van der Waals surface area contributed by atoms with Gasteiger partial charge >= 0.3 is 5.97 Å². The number of phenolic OH excluding ortho intramolecular Hbond substituents is 1. The van der Waals surface area contributed by atoms with Crippen molar-refractivity contribution in [1.82, 2.24) is 0 Å². The van der Waals surface area contributed by atoms with Crippen LogP contribution >= 0.6 is 0 Å². The number of hydrogen-bond acceptors (Lipinski definition) is 7. The zero-order valence-electron chi connectivity index (χ0n) is 16.6. The van der Waals surface area contributed by atoms with E-state index >= 15 is 0 Å². The molecule has 0 unspecified atom stereocenters. The first kappa shape index (κ1) is 20.5. The highest BCUT2D eigenvalue weighted by molar-refractivity contribution is 6.32. The van der Waals surface area contributed by atoms with Crippen LogP contribution in [0.3, 0.4) is 0 Å². The van der Waals surface area contributed by atoms with E-state index in [1.54, 1.807) is 19.1 Å². The Bertz CT molecular complexity index is 1340. The van der Waals surface area contributed by atoms with Gasteiger partial charge in [0, 0.05) is 12.1 Å². The summed E-state index contributed by atoms with van der Waals surface area (Å²) in [5.41, 5.74) is 0.885. The molecular formula is C22H15N3O7. The molecule has 2 aromatic carbocycles. The van der Waals surface area contributed by atoms with E-state index in [2.05, 4.69) is 5.10 Å². The molecule has 1 aromatic heterocycles. The summed E-state index contributed by atoms with van der Waals surface area (Å²) >= 11 is 0. The minimum atomic E-state index is -1.12. The average Bonchev–Trinajstić information content (AvgIpc) is 3.34. The monoisotopic (exact) mass is 433 g/mol. The molecule has 0 saturated carbocycles. The number of carboxylic acids is 1. The van der Waals surface area contributed by atoms with E-state index in [1.807, 2.05) is 0 Å². The molecule has 2 N–H and O–H groups in total. The maximum absolute atomic E-state index is 12.9. The fraction of sp³-hybridized carbons (Fsp3) is 0.0455. The van der Waals surface area contributed by atoms with Crippen molar-refractivity contribution in [3.63, 3.8) is 0 Å². The Kier molecular flexibility index (Phi) is 5.03. The van der Waals surface area contributed by atoms with Gasteiger partial charge in [-0.15, -0.1) is 0 Å². The summed E-state index contributed by atoms with van der Waals surface area (Å²) in [4.78, 5) is 34.5. The summed E-state index contributed by atoms with van der Waals surface area (Å²) in [6.45, 7) is 1.63. The number of carboxylic acid groups (broad SMARTS) is 1. The predicted octanol–water partition coefficient (Wildman–Crippen LogP) is 4.06. The van der Waals surface area contributed by atoms with Crippen LogP contribution in [0.2, 0.25) is 0 Å². The zero-order valence-corrected chi connectivity index (χ0v) is 16.6. The molecule has 0 aliphatic carbocycles. The quantitative estimate of drug-likeness (QED) is 0.350. The molecule has 2 heterocycles. The number of nitro groups is 1. The van der Waals surface area contributed by atoms with Crippen molar-refractivity contribution in [2.75, 3.05) is 5.01 Å². The number of carbonyl (C=O) groups excluding carboxylic acids is 1. The molecule has 0 atom stereocenters. The number of nitrogens with zero attached hydrogens (tertiary/aromatic N) is 3. The van der Waals surface area contributed by atoms with Crippen LogP contribution in [0.1, 0.15) is 23.0 Å². The third-order valence-corrected chi connectivity index (χ3v) is 4.77. The van der Waals surface area contributed by atoms with Gasteiger partial charge in [0.2, 0.25) is 0 Å². The normalized spacial score (nSPS) is 14.7. The molecule has 10 nitrogen and oxygen atoms in total. The van der Waals surface area contributed by atoms with Crippen LogP contribution in [0.4, 0.5) is 11.4 Å². The zero-order chi connectivity index (χ0) is 23.0. The summed E-state index contributed by atoms with van der Waals surface area (Å²) in [7, 11) is 0. The fourth-order valence-corrected chi connectivity index (χ4v) is 3.18. The Hall–Kier alpha value is -4.73. The maximum atomic E-state index is 12.9. The van der Waals surface area contributed by atoms with Gasteiger partial charge < -0.3 is 14.6 Å². The van der Waals surface area contributed by atoms with Gasteiger partial charge in [-0.2, -0.15) is 10.1 Å². The Morgan fingerprint density at radius 1 is 1.19 bits per heavy atom. The number of hydrogen-bond donors (Lipinski definition) is 2. The first-order chi connectivity index (χ1) is 15.2. The van der Waals surface area contributed by atoms with Crippen LogP contribution in [0.5, 0.6) is 5.75 Å². The summed E-state index contributed by atoms with van der Waals surface area (Å²) < 4.78 is 5.67. The highest BCUT2D eigenvalue weighted by atomic mass is 16.6. The number of hydrazone groups is 1. The lowest BCUT2D eigenvalue weighted by atomic mass is 10.1. The molecule has 0 spiro atoms. The first-order valence-corrected chi connectivity index (χ1v) is 9.27. The number of phenols is 1. The fourth-order valence-electron chi connectivity index (χ4n) is 3.18. The summed E-state index contributed by atoms with van der Waals surface area (Å²) in [6.07, 6.45) is 1.46. The molecule has 32 heavy (non-hydrogen) atoms. The van der Waals surface area contributed by atoms with E-state index in [4.69, 9.17) is 9.52 Å². The number of nitro benzene ring substituents is 1. The second-order valence-electron chi connectivity index (χ2n) is 6.88. The maximum Gasteiger partial charge on any atom is 0.335 e. The van der Waals surface area contributed by atoms with Crippen molar-refractivity contribution in [3.8, 4) is 17.1 Å². The minimum Gasteiger partial charge on any atom is -0.507 e. The number of anilines is 1. The molecule has 10 heteroatoms. The molecule has 3 aromatic rings. The van der Waals surface area contributed by atoms with Crippen molar-refractivity contribution < 1.29 is 29.1 Å². The van der Waals surface area contributed by atoms with E-state index < -0.39 is 16.8 Å². The Balaban J connectivity index is 1.64. The van der Waals surface area contributed by atoms with Gasteiger partial charge in [-0.25, -0.2) is 4.79 Å². The summed E-state index contributed by atoms with van der Waals surface area (Å²) in [6, 6.07) is 12.5. The Morgan fingerprint density at radius 2 is 1.97 bits per heavy atom. The topological polar surface area (TPSA) is 146 Å². The van der Waals surface area contributed by atoms with Crippen molar-refractivity contribution in [2.45, 2.75) is 6.92 Å². The molecule has 0 saturated heterocycles. The van der Waals surface area contributed by atoms with E-state index in [9.17, 15) is 24.8 Å². The van der Waals surface area contributed by atoms with E-state index in [-0.39, 0.29) is 39.7 Å². The van der Waals surface area contributed by atoms with Crippen LogP contribution in [-0.4, -0.2) is 32.7 Å². The van der Waals surface area contributed by atoms with Gasteiger partial charge in [0.15, 0.2) is 0 Å². The third-order valence-electron chi connectivity index (χ3n) is 4.77. The lowest BCUT2D eigenvalue weighted by molar-refractivity contribution is -0.384. The molecular weight excluding hydrogens is 418 g/mol. The van der Waals surface area contributed by atoms with E-state index in [0.29, 0.717) is 11.4 Å². The van der Waals surface area contributed by atoms with E-state index in [0.717, 1.165) is 5.01 Å². The standard InChI is InChI=1S/C22H15N3O7/c1-12-17(21(27)24(23-12)14-4-2-3-13(9-14)22(28)29)11-16-6-8-20(32-16)18-10-15(25(30)31)5-7-19(18)26/h2-11,26H,1H3,(H,28,29). The largest absolute Gasteiger partial charge is 0.507 e. The smallest absolute Gasteiger partial charge is 0.335 e. The number of benzene rings is 2. The van der Waals surface area contributed by atoms with Crippen LogP contribution in [0.25, 0.3) is 17.4 Å². The van der Waals surface area contributed by atoms with Crippen LogP contribution < -0.4 is 5.01 Å². The van der Waals surface area contributed by atoms with Crippen LogP contribution in [0, 0.1) is 10.1 Å². The van der Waals surface area contributed by atoms with Crippen LogP contribution in [-0.2, 0) is 4.79 Å². The van der Waals surface area contributed by atoms with Gasteiger partial charge in [0.1, 0.15) is 17.3 Å². The molecule has 1 aliphatic heterocycles. The predicted molar refractivity (Wildman–Crippen MR) is 114 cm³/mol. The average molecular weight is 433 g/mol. The molecule has 0 radical (unpaired) electrons. The second-order valence-corrected chi connectivity index (χ2v) is 6.88. The van der Waals surface area contributed by atoms with Gasteiger partial charge in [-0.1, -0.05) is 6.07 Å². The number of amides is 1. The third kappa shape index (κ3) is 3.72. The van der Waals surface area contributed by atoms with Gasteiger partial charge in [-0.05, 0) is 49.4 Å². The molecule has 160 valence electrons. The Labute approximate surface area is 180 Å². The number of carbonyl (C=O) groups is 2. The second kappa shape index (κ2) is 7.84. The Morgan fingerprint density at radius 3 is 2.69 bits per heavy atom. The number of aromatic carboxylic acids is 1. The molecule has 1 amide bonds. The summed E-state index contributed by atoms with van der Waals surface area (Å²) in [5.74, 6) is -1.33. The van der Waals surface area contributed by atoms with Crippen molar-refractivity contribution in [3.05, 3.63) is 81.6 Å². The van der Waals surface area contributed by atoms with Crippen molar-refractivity contribution in [1.29, 1.82) is 0 Å². The lowest BCUT2D eigenvalue weighted by Crippen LogP contribution is -2.21.